The normalized spacial score (nSPS) is 25.3. The van der Waals surface area contributed by atoms with Gasteiger partial charge in [-0.15, -0.1) is 0 Å². The van der Waals surface area contributed by atoms with E-state index in [0.29, 0.717) is 0 Å². The molecule has 1 fully saturated rings. The van der Waals surface area contributed by atoms with Gasteiger partial charge >= 0.3 is 0 Å². The van der Waals surface area contributed by atoms with Crippen LogP contribution in [0.2, 0.25) is 0 Å². The standard InChI is InChI=1S/C12H26N2/c1-11-7-5-6-9-14(11)10-8-13-12(2,3)4/h11,13H,5-10H2,1-4H3. The monoisotopic (exact) mass is 198 g/mol. The van der Waals surface area contributed by atoms with Crippen LogP contribution in [0.5, 0.6) is 0 Å². The van der Waals surface area contributed by atoms with Crippen molar-refractivity contribution in [1.29, 1.82) is 0 Å². The van der Waals surface area contributed by atoms with Gasteiger partial charge in [-0.25, -0.2) is 0 Å². The van der Waals surface area contributed by atoms with E-state index in [-0.39, 0.29) is 5.54 Å². The van der Waals surface area contributed by atoms with Gasteiger partial charge in [-0.1, -0.05) is 6.42 Å². The molecular formula is C12H26N2. The van der Waals surface area contributed by atoms with Crippen LogP contribution in [-0.4, -0.2) is 36.1 Å². The summed E-state index contributed by atoms with van der Waals surface area (Å²) in [5, 5.41) is 3.55. The van der Waals surface area contributed by atoms with E-state index in [1.54, 1.807) is 0 Å². The Hall–Kier alpha value is -0.0800. The second-order valence-electron chi connectivity index (χ2n) is 5.56. The average molecular weight is 198 g/mol. The molecule has 1 aliphatic heterocycles. The van der Waals surface area contributed by atoms with Gasteiger partial charge in [0.15, 0.2) is 0 Å². The summed E-state index contributed by atoms with van der Waals surface area (Å²) < 4.78 is 0. The summed E-state index contributed by atoms with van der Waals surface area (Å²) in [6.45, 7) is 12.7. The van der Waals surface area contributed by atoms with Crippen molar-refractivity contribution in [3.63, 3.8) is 0 Å². The molecule has 1 aliphatic rings. The minimum absolute atomic E-state index is 0.263. The van der Waals surface area contributed by atoms with Crippen LogP contribution in [0.4, 0.5) is 0 Å². The predicted molar refractivity (Wildman–Crippen MR) is 62.6 cm³/mol. The molecule has 1 saturated heterocycles. The lowest BCUT2D eigenvalue weighted by Crippen LogP contribution is -2.45. The summed E-state index contributed by atoms with van der Waals surface area (Å²) >= 11 is 0. The van der Waals surface area contributed by atoms with Gasteiger partial charge < -0.3 is 5.32 Å². The van der Waals surface area contributed by atoms with Gasteiger partial charge in [0.25, 0.3) is 0 Å². The summed E-state index contributed by atoms with van der Waals surface area (Å²) in [7, 11) is 0. The lowest BCUT2D eigenvalue weighted by molar-refractivity contribution is 0.158. The van der Waals surface area contributed by atoms with Gasteiger partial charge in [0.2, 0.25) is 0 Å². The van der Waals surface area contributed by atoms with E-state index in [1.165, 1.54) is 32.4 Å². The second-order valence-corrected chi connectivity index (χ2v) is 5.56. The van der Waals surface area contributed by atoms with Crippen molar-refractivity contribution in [2.45, 2.75) is 58.5 Å². The van der Waals surface area contributed by atoms with Crippen molar-refractivity contribution in [3.8, 4) is 0 Å². The van der Waals surface area contributed by atoms with Crippen LogP contribution in [0, 0.1) is 0 Å². The third kappa shape index (κ3) is 4.43. The molecule has 0 bridgehead atoms. The third-order valence-corrected chi connectivity index (χ3v) is 2.99. The molecule has 0 aromatic heterocycles. The number of piperidine rings is 1. The first-order valence-electron chi connectivity index (χ1n) is 5.98. The van der Waals surface area contributed by atoms with Crippen molar-refractivity contribution in [1.82, 2.24) is 10.2 Å². The number of nitrogens with one attached hydrogen (secondary N) is 1. The number of likely N-dealkylation sites (tertiary alicyclic amines) is 1. The minimum Gasteiger partial charge on any atom is -0.311 e. The third-order valence-electron chi connectivity index (χ3n) is 2.99. The molecule has 0 saturated carbocycles. The van der Waals surface area contributed by atoms with Crippen molar-refractivity contribution < 1.29 is 0 Å². The first-order chi connectivity index (χ1) is 6.49. The Kier molecular flexibility index (Phi) is 4.39. The van der Waals surface area contributed by atoms with E-state index >= 15 is 0 Å². The van der Waals surface area contributed by atoms with Gasteiger partial charge in [0.1, 0.15) is 0 Å². The Labute approximate surface area is 89.1 Å². The van der Waals surface area contributed by atoms with E-state index in [9.17, 15) is 0 Å². The highest BCUT2D eigenvalue weighted by molar-refractivity contribution is 4.76. The molecule has 0 radical (unpaired) electrons. The van der Waals surface area contributed by atoms with Crippen molar-refractivity contribution in [2.75, 3.05) is 19.6 Å². The van der Waals surface area contributed by atoms with Crippen LogP contribution in [0.1, 0.15) is 47.0 Å². The first kappa shape index (κ1) is 12.0. The molecule has 1 N–H and O–H groups in total. The highest BCUT2D eigenvalue weighted by atomic mass is 15.2. The van der Waals surface area contributed by atoms with Crippen molar-refractivity contribution in [3.05, 3.63) is 0 Å². The summed E-state index contributed by atoms with van der Waals surface area (Å²) in [5.74, 6) is 0. The van der Waals surface area contributed by atoms with E-state index < -0.39 is 0 Å². The van der Waals surface area contributed by atoms with E-state index in [4.69, 9.17) is 0 Å². The lowest BCUT2D eigenvalue weighted by atomic mass is 10.0. The minimum atomic E-state index is 0.263. The average Bonchev–Trinajstić information content (AvgIpc) is 2.06. The van der Waals surface area contributed by atoms with Gasteiger partial charge in [-0.2, -0.15) is 0 Å². The van der Waals surface area contributed by atoms with Gasteiger partial charge in [0.05, 0.1) is 0 Å². The maximum Gasteiger partial charge on any atom is 0.0110 e. The molecule has 0 spiro atoms. The maximum atomic E-state index is 3.55. The topological polar surface area (TPSA) is 15.3 Å². The molecule has 2 nitrogen and oxygen atoms in total. The molecule has 1 heterocycles. The Balaban J connectivity index is 2.17. The molecular weight excluding hydrogens is 172 g/mol. The lowest BCUT2D eigenvalue weighted by Gasteiger charge is -2.34. The summed E-state index contributed by atoms with van der Waals surface area (Å²) in [4.78, 5) is 2.61. The van der Waals surface area contributed by atoms with Crippen LogP contribution in [0.3, 0.4) is 0 Å². The van der Waals surface area contributed by atoms with E-state index in [0.717, 1.165) is 12.6 Å². The van der Waals surface area contributed by atoms with Crippen LogP contribution in [0.25, 0.3) is 0 Å². The van der Waals surface area contributed by atoms with E-state index in [1.807, 2.05) is 0 Å². The molecule has 0 amide bonds. The summed E-state index contributed by atoms with van der Waals surface area (Å²) in [5.41, 5.74) is 0.263. The fourth-order valence-corrected chi connectivity index (χ4v) is 2.06. The maximum absolute atomic E-state index is 3.55. The molecule has 0 aromatic rings. The molecule has 1 rings (SSSR count). The van der Waals surface area contributed by atoms with Crippen LogP contribution in [-0.2, 0) is 0 Å². The summed E-state index contributed by atoms with van der Waals surface area (Å²) in [6.07, 6.45) is 4.19. The molecule has 0 aromatic carbocycles. The Bertz CT molecular complexity index is 160. The smallest absolute Gasteiger partial charge is 0.0110 e. The number of nitrogens with zero attached hydrogens (tertiary/aromatic N) is 1. The zero-order valence-corrected chi connectivity index (χ0v) is 10.3. The van der Waals surface area contributed by atoms with E-state index in [2.05, 4.69) is 37.9 Å². The molecule has 0 aliphatic carbocycles. The second kappa shape index (κ2) is 5.13. The number of rotatable bonds is 3. The Morgan fingerprint density at radius 1 is 1.29 bits per heavy atom. The summed E-state index contributed by atoms with van der Waals surface area (Å²) in [6, 6.07) is 0.797. The first-order valence-corrected chi connectivity index (χ1v) is 5.98. The van der Waals surface area contributed by atoms with Gasteiger partial charge in [-0.3, -0.25) is 4.90 Å². The highest BCUT2D eigenvalue weighted by Crippen LogP contribution is 2.15. The Morgan fingerprint density at radius 3 is 2.57 bits per heavy atom. The zero-order valence-electron chi connectivity index (χ0n) is 10.3. The Morgan fingerprint density at radius 2 is 2.00 bits per heavy atom. The zero-order chi connectivity index (χ0) is 10.6. The predicted octanol–water partition coefficient (Wildman–Crippen LogP) is 2.25. The molecule has 1 unspecified atom stereocenters. The van der Waals surface area contributed by atoms with Crippen LogP contribution in [0.15, 0.2) is 0 Å². The van der Waals surface area contributed by atoms with Crippen molar-refractivity contribution >= 4 is 0 Å². The van der Waals surface area contributed by atoms with Crippen molar-refractivity contribution in [2.24, 2.45) is 0 Å². The molecule has 14 heavy (non-hydrogen) atoms. The number of hydrogen-bond acceptors (Lipinski definition) is 2. The highest BCUT2D eigenvalue weighted by Gasteiger charge is 2.18. The largest absolute Gasteiger partial charge is 0.311 e. The van der Waals surface area contributed by atoms with Crippen LogP contribution >= 0.6 is 0 Å². The molecule has 84 valence electrons. The fourth-order valence-electron chi connectivity index (χ4n) is 2.06. The SMILES string of the molecule is CC1CCCCN1CCNC(C)(C)C. The fraction of sp³-hybridized carbons (Fsp3) is 1.00. The van der Waals surface area contributed by atoms with Gasteiger partial charge in [-0.05, 0) is 47.1 Å². The molecule has 2 heteroatoms. The van der Waals surface area contributed by atoms with Gasteiger partial charge in [0, 0.05) is 24.7 Å². The van der Waals surface area contributed by atoms with Crippen LogP contribution < -0.4 is 5.32 Å². The number of hydrogen-bond donors (Lipinski definition) is 1. The quantitative estimate of drug-likeness (QED) is 0.748. The molecule has 1 atom stereocenters.